The molecule has 1 aliphatic heterocycles. The molecule has 0 aliphatic carbocycles. The maximum atomic E-state index is 12.7. The van der Waals surface area contributed by atoms with Crippen molar-refractivity contribution in [1.29, 1.82) is 0 Å². The average Bonchev–Trinajstić information content (AvgIpc) is 2.72. The number of rotatable bonds is 7. The third-order valence-corrected chi connectivity index (χ3v) is 6.75. The van der Waals surface area contributed by atoms with Crippen LogP contribution in [0.15, 0.2) is 48.5 Å². The molecule has 0 unspecified atom stereocenters. The molecule has 0 aromatic heterocycles. The molecule has 0 spiro atoms. The second-order valence-electron chi connectivity index (χ2n) is 7.65. The lowest BCUT2D eigenvalue weighted by Gasteiger charge is -2.29. The molecule has 0 bridgehead atoms. The lowest BCUT2D eigenvalue weighted by molar-refractivity contribution is -0.122. The standard InChI is InChI=1S/C22H28ClN3O3S/c1-17(26(30(2,28)29)21-8-6-7-19(23)15-21)22(27)24-16-18-9-11-20(12-10-18)25-13-4-3-5-14-25/h6-12,15,17H,3-5,13-14,16H2,1-2H3,(H,24,27)/t17-/m0/s1. The molecule has 2 aromatic rings. The minimum absolute atomic E-state index is 0.330. The minimum atomic E-state index is -3.67. The number of nitrogens with zero attached hydrogens (tertiary/aromatic N) is 2. The Morgan fingerprint density at radius 2 is 1.80 bits per heavy atom. The van der Waals surface area contributed by atoms with Gasteiger partial charge in [0, 0.05) is 30.3 Å². The van der Waals surface area contributed by atoms with Crippen molar-refractivity contribution in [2.24, 2.45) is 0 Å². The van der Waals surface area contributed by atoms with E-state index in [4.69, 9.17) is 11.6 Å². The van der Waals surface area contributed by atoms with Crippen LogP contribution in [0, 0.1) is 0 Å². The van der Waals surface area contributed by atoms with Gasteiger partial charge in [-0.25, -0.2) is 8.42 Å². The van der Waals surface area contributed by atoms with Crippen molar-refractivity contribution in [3.63, 3.8) is 0 Å². The van der Waals surface area contributed by atoms with Gasteiger partial charge in [-0.15, -0.1) is 0 Å². The molecule has 1 atom stereocenters. The zero-order valence-corrected chi connectivity index (χ0v) is 18.9. The van der Waals surface area contributed by atoms with Gasteiger partial charge >= 0.3 is 0 Å². The van der Waals surface area contributed by atoms with Gasteiger partial charge in [0.15, 0.2) is 0 Å². The van der Waals surface area contributed by atoms with Crippen LogP contribution in [-0.4, -0.2) is 39.7 Å². The van der Waals surface area contributed by atoms with Gasteiger partial charge < -0.3 is 10.2 Å². The SMILES string of the molecule is C[C@@H](C(=O)NCc1ccc(N2CCCCC2)cc1)N(c1cccc(Cl)c1)S(C)(=O)=O. The topological polar surface area (TPSA) is 69.7 Å². The van der Waals surface area contributed by atoms with Gasteiger partial charge in [-0.1, -0.05) is 29.8 Å². The highest BCUT2D eigenvalue weighted by Crippen LogP contribution is 2.24. The number of halogens is 1. The van der Waals surface area contributed by atoms with Crippen LogP contribution in [0.25, 0.3) is 0 Å². The molecule has 2 aromatic carbocycles. The van der Waals surface area contributed by atoms with Gasteiger partial charge in [0.25, 0.3) is 0 Å². The molecule has 8 heteroatoms. The summed E-state index contributed by atoms with van der Waals surface area (Å²) in [5, 5.41) is 3.25. The van der Waals surface area contributed by atoms with Crippen molar-refractivity contribution in [1.82, 2.24) is 5.32 Å². The summed E-state index contributed by atoms with van der Waals surface area (Å²) < 4.78 is 25.8. The Morgan fingerprint density at radius 1 is 1.13 bits per heavy atom. The van der Waals surface area contributed by atoms with Crippen molar-refractivity contribution >= 4 is 38.9 Å². The molecule has 1 amide bonds. The molecule has 1 saturated heterocycles. The summed E-state index contributed by atoms with van der Waals surface area (Å²) in [6.07, 6.45) is 4.81. The van der Waals surface area contributed by atoms with Crippen LogP contribution in [-0.2, 0) is 21.4 Å². The summed E-state index contributed by atoms with van der Waals surface area (Å²) in [4.78, 5) is 15.1. The first-order valence-corrected chi connectivity index (χ1v) is 12.3. The summed E-state index contributed by atoms with van der Waals surface area (Å²) in [6.45, 7) is 4.06. The van der Waals surface area contributed by atoms with E-state index in [1.165, 1.54) is 31.0 Å². The Labute approximate surface area is 183 Å². The maximum absolute atomic E-state index is 12.7. The number of hydrogen-bond donors (Lipinski definition) is 1. The number of carbonyl (C=O) groups excluding carboxylic acids is 1. The van der Waals surface area contributed by atoms with E-state index in [2.05, 4.69) is 22.3 Å². The average molecular weight is 450 g/mol. The molecule has 162 valence electrons. The van der Waals surface area contributed by atoms with Crippen LogP contribution in [0.1, 0.15) is 31.7 Å². The smallest absolute Gasteiger partial charge is 0.243 e. The van der Waals surface area contributed by atoms with Crippen LogP contribution in [0.3, 0.4) is 0 Å². The van der Waals surface area contributed by atoms with Gasteiger partial charge in [-0.05, 0) is 62.1 Å². The lowest BCUT2D eigenvalue weighted by atomic mass is 10.1. The van der Waals surface area contributed by atoms with E-state index in [0.29, 0.717) is 17.3 Å². The summed E-state index contributed by atoms with van der Waals surface area (Å²) >= 11 is 6.01. The first-order chi connectivity index (χ1) is 14.3. The van der Waals surface area contributed by atoms with Crippen LogP contribution < -0.4 is 14.5 Å². The number of hydrogen-bond acceptors (Lipinski definition) is 4. The molecular weight excluding hydrogens is 422 g/mol. The first-order valence-electron chi connectivity index (χ1n) is 10.1. The van der Waals surface area contributed by atoms with E-state index in [-0.39, 0.29) is 5.91 Å². The first kappa shape index (κ1) is 22.4. The third kappa shape index (κ3) is 5.67. The van der Waals surface area contributed by atoms with Gasteiger partial charge in [-0.3, -0.25) is 9.10 Å². The highest BCUT2D eigenvalue weighted by Gasteiger charge is 2.29. The molecule has 0 saturated carbocycles. The van der Waals surface area contributed by atoms with Crippen LogP contribution in [0.2, 0.25) is 5.02 Å². The predicted octanol–water partition coefficient (Wildman–Crippen LogP) is 3.80. The molecule has 3 rings (SSSR count). The quantitative estimate of drug-likeness (QED) is 0.698. The zero-order chi connectivity index (χ0) is 21.7. The number of anilines is 2. The molecule has 1 aliphatic rings. The predicted molar refractivity (Wildman–Crippen MR) is 123 cm³/mol. The Hall–Kier alpha value is -2.25. The summed E-state index contributed by atoms with van der Waals surface area (Å²) in [5.74, 6) is -0.375. The van der Waals surface area contributed by atoms with E-state index in [1.807, 2.05) is 12.1 Å². The van der Waals surface area contributed by atoms with E-state index in [1.54, 1.807) is 25.1 Å². The fourth-order valence-electron chi connectivity index (χ4n) is 3.74. The Kier molecular flexibility index (Phi) is 7.26. The fraction of sp³-hybridized carbons (Fsp3) is 0.409. The van der Waals surface area contributed by atoms with Gasteiger partial charge in [0.1, 0.15) is 6.04 Å². The van der Waals surface area contributed by atoms with Gasteiger partial charge in [-0.2, -0.15) is 0 Å². The number of amides is 1. The van der Waals surface area contributed by atoms with E-state index >= 15 is 0 Å². The monoisotopic (exact) mass is 449 g/mol. The zero-order valence-electron chi connectivity index (χ0n) is 17.3. The van der Waals surface area contributed by atoms with Gasteiger partial charge in [0.05, 0.1) is 11.9 Å². The second-order valence-corrected chi connectivity index (χ2v) is 9.94. The highest BCUT2D eigenvalue weighted by molar-refractivity contribution is 7.92. The molecule has 1 N–H and O–H groups in total. The number of piperidine rings is 1. The van der Waals surface area contributed by atoms with E-state index < -0.39 is 16.1 Å². The number of carbonyl (C=O) groups is 1. The third-order valence-electron chi connectivity index (χ3n) is 5.28. The van der Waals surface area contributed by atoms with E-state index in [9.17, 15) is 13.2 Å². The van der Waals surface area contributed by atoms with Crippen molar-refractivity contribution in [2.45, 2.75) is 38.8 Å². The van der Waals surface area contributed by atoms with Crippen molar-refractivity contribution in [3.8, 4) is 0 Å². The van der Waals surface area contributed by atoms with Gasteiger partial charge in [0.2, 0.25) is 15.9 Å². The van der Waals surface area contributed by atoms with Crippen LogP contribution in [0.5, 0.6) is 0 Å². The molecular formula is C22H28ClN3O3S. The Morgan fingerprint density at radius 3 is 2.40 bits per heavy atom. The van der Waals surface area contributed by atoms with Crippen molar-refractivity contribution in [3.05, 3.63) is 59.1 Å². The summed E-state index contributed by atoms with van der Waals surface area (Å²) in [5.41, 5.74) is 2.52. The number of sulfonamides is 1. The van der Waals surface area contributed by atoms with E-state index in [0.717, 1.165) is 29.2 Å². The molecule has 1 fully saturated rings. The summed E-state index contributed by atoms with van der Waals surface area (Å²) in [6, 6.07) is 13.7. The minimum Gasteiger partial charge on any atom is -0.372 e. The highest BCUT2D eigenvalue weighted by atomic mass is 35.5. The number of nitrogens with one attached hydrogen (secondary N) is 1. The summed E-state index contributed by atoms with van der Waals surface area (Å²) in [7, 11) is -3.67. The molecule has 0 radical (unpaired) electrons. The fourth-order valence-corrected chi connectivity index (χ4v) is 5.09. The van der Waals surface area contributed by atoms with Crippen LogP contribution >= 0.6 is 11.6 Å². The van der Waals surface area contributed by atoms with Crippen LogP contribution in [0.4, 0.5) is 11.4 Å². The molecule has 6 nitrogen and oxygen atoms in total. The number of benzene rings is 2. The largest absolute Gasteiger partial charge is 0.372 e. The second kappa shape index (κ2) is 9.71. The Balaban J connectivity index is 1.65. The van der Waals surface area contributed by atoms with Crippen molar-refractivity contribution < 1.29 is 13.2 Å². The molecule has 1 heterocycles. The maximum Gasteiger partial charge on any atom is 0.243 e. The Bertz CT molecular complexity index is 973. The lowest BCUT2D eigenvalue weighted by Crippen LogP contribution is -2.47. The van der Waals surface area contributed by atoms with Crippen molar-refractivity contribution in [2.75, 3.05) is 28.6 Å². The molecule has 30 heavy (non-hydrogen) atoms. The normalized spacial score (nSPS) is 15.5.